The van der Waals surface area contributed by atoms with Gasteiger partial charge in [0.05, 0.1) is 23.4 Å². The minimum Gasteiger partial charge on any atom is -0.387 e. The minimum absolute atomic E-state index is 0.0250. The van der Waals surface area contributed by atoms with Gasteiger partial charge in [0.1, 0.15) is 17.6 Å². The number of anilines is 1. The van der Waals surface area contributed by atoms with Crippen molar-refractivity contribution < 1.29 is 19.1 Å². The summed E-state index contributed by atoms with van der Waals surface area (Å²) in [5, 5.41) is 19.4. The molecular weight excluding hydrogens is 487 g/mol. The van der Waals surface area contributed by atoms with E-state index in [1.807, 2.05) is 36.7 Å². The number of nitrogens with zero attached hydrogens (tertiary/aromatic N) is 3. The zero-order valence-corrected chi connectivity index (χ0v) is 23.0. The maximum atomic E-state index is 14.1. The average molecular weight is 527 g/mol. The van der Waals surface area contributed by atoms with Gasteiger partial charge in [-0.25, -0.2) is 14.4 Å². The number of fused-ring (bicyclic) bond motifs is 1. The highest BCUT2D eigenvalue weighted by Gasteiger charge is 2.27. The fraction of sp³-hybridized carbons (Fsp3) is 0.500. The van der Waals surface area contributed by atoms with Crippen LogP contribution in [0.5, 0.6) is 0 Å². The molecule has 9 nitrogen and oxygen atoms in total. The third-order valence-corrected chi connectivity index (χ3v) is 6.06. The zero-order valence-electron chi connectivity index (χ0n) is 23.0. The SMILES string of the molecule is CC(C)CCC(=O)NCc1cnc2c(ccn2-c2cc(NC(C)C)c(C(=O)NC[C@@H](F)C(C)(C)O)cn2)c1. The molecule has 3 aromatic rings. The highest BCUT2D eigenvalue weighted by Crippen LogP contribution is 2.24. The molecular formula is C28H39FN6O3. The van der Waals surface area contributed by atoms with E-state index >= 15 is 0 Å². The molecule has 0 aromatic carbocycles. The molecule has 0 bridgehead atoms. The van der Waals surface area contributed by atoms with Gasteiger partial charge in [-0.2, -0.15) is 0 Å². The lowest BCUT2D eigenvalue weighted by molar-refractivity contribution is -0.121. The van der Waals surface area contributed by atoms with Gasteiger partial charge in [0, 0.05) is 49.1 Å². The van der Waals surface area contributed by atoms with Gasteiger partial charge in [-0.15, -0.1) is 0 Å². The van der Waals surface area contributed by atoms with Crippen molar-refractivity contribution in [1.29, 1.82) is 0 Å². The Labute approximate surface area is 223 Å². The summed E-state index contributed by atoms with van der Waals surface area (Å²) in [6.07, 6.45) is 4.76. The van der Waals surface area contributed by atoms with Crippen molar-refractivity contribution in [3.05, 3.63) is 47.9 Å². The third-order valence-electron chi connectivity index (χ3n) is 6.06. The first kappa shape index (κ1) is 29.0. The van der Waals surface area contributed by atoms with Crippen LogP contribution in [0.2, 0.25) is 0 Å². The molecule has 0 saturated heterocycles. The molecule has 0 spiro atoms. The van der Waals surface area contributed by atoms with Crippen LogP contribution in [0.15, 0.2) is 36.8 Å². The molecule has 0 unspecified atom stereocenters. The van der Waals surface area contributed by atoms with E-state index in [1.54, 1.807) is 12.3 Å². The lowest BCUT2D eigenvalue weighted by Crippen LogP contribution is -2.42. The number of amides is 2. The average Bonchev–Trinajstić information content (AvgIpc) is 3.26. The van der Waals surface area contributed by atoms with E-state index in [9.17, 15) is 19.1 Å². The number of aromatic nitrogens is 3. The van der Waals surface area contributed by atoms with Crippen molar-refractivity contribution in [2.24, 2.45) is 5.92 Å². The van der Waals surface area contributed by atoms with E-state index in [0.29, 0.717) is 36.0 Å². The Morgan fingerprint density at radius 2 is 1.84 bits per heavy atom. The molecule has 3 rings (SSSR count). The summed E-state index contributed by atoms with van der Waals surface area (Å²) in [5.74, 6) is 0.571. The molecule has 0 saturated carbocycles. The number of aliphatic hydroxyl groups is 1. The number of carbonyl (C=O) groups excluding carboxylic acids is 2. The van der Waals surface area contributed by atoms with Crippen LogP contribution in [0.1, 0.15) is 70.3 Å². The van der Waals surface area contributed by atoms with E-state index in [2.05, 4.69) is 39.8 Å². The standard InChI is InChI=1S/C28H39FN6O3/c1-17(2)7-8-25(36)31-13-19-11-20-9-10-35(26(20)32-14-19)24-12-22(34-18(3)4)21(15-30-24)27(37)33-16-23(29)28(5,6)38/h9-12,14-15,17-18,23,38H,7-8,13,16H2,1-6H3,(H,30,34)(H,31,36)(H,33,37)/t23-/m1/s1. The maximum absolute atomic E-state index is 14.1. The largest absolute Gasteiger partial charge is 0.387 e. The zero-order chi connectivity index (χ0) is 28.0. The second-order valence-electron chi connectivity index (χ2n) is 10.9. The second-order valence-corrected chi connectivity index (χ2v) is 10.9. The van der Waals surface area contributed by atoms with Crippen molar-refractivity contribution in [2.75, 3.05) is 11.9 Å². The molecule has 0 aliphatic carbocycles. The first-order chi connectivity index (χ1) is 17.8. The highest BCUT2D eigenvalue weighted by atomic mass is 19.1. The number of pyridine rings is 2. The van der Waals surface area contributed by atoms with E-state index in [-0.39, 0.29) is 24.1 Å². The van der Waals surface area contributed by atoms with E-state index in [4.69, 9.17) is 0 Å². The maximum Gasteiger partial charge on any atom is 0.255 e. The summed E-state index contributed by atoms with van der Waals surface area (Å²) >= 11 is 0. The highest BCUT2D eigenvalue weighted by molar-refractivity contribution is 5.99. The Hall–Kier alpha value is -3.53. The number of halogens is 1. The topological polar surface area (TPSA) is 121 Å². The lowest BCUT2D eigenvalue weighted by atomic mass is 10.0. The molecule has 3 aromatic heterocycles. The second kappa shape index (κ2) is 12.3. The Bertz CT molecular complexity index is 1270. The van der Waals surface area contributed by atoms with Crippen LogP contribution in [0.25, 0.3) is 16.9 Å². The molecule has 10 heteroatoms. The molecule has 1 atom stereocenters. The fourth-order valence-corrected chi connectivity index (χ4v) is 3.77. The number of carbonyl (C=O) groups is 2. The number of hydrogen-bond donors (Lipinski definition) is 4. The number of rotatable bonds is 12. The monoisotopic (exact) mass is 526 g/mol. The molecule has 0 radical (unpaired) electrons. The van der Waals surface area contributed by atoms with Crippen molar-refractivity contribution in [2.45, 2.75) is 78.7 Å². The van der Waals surface area contributed by atoms with Gasteiger partial charge in [-0.3, -0.25) is 14.2 Å². The quantitative estimate of drug-likeness (QED) is 0.282. The van der Waals surface area contributed by atoms with Crippen LogP contribution in [-0.4, -0.2) is 55.8 Å². The summed E-state index contributed by atoms with van der Waals surface area (Å²) in [6.45, 7) is 10.9. The van der Waals surface area contributed by atoms with E-state index < -0.39 is 17.7 Å². The number of alkyl halides is 1. The summed E-state index contributed by atoms with van der Waals surface area (Å²) in [7, 11) is 0. The first-order valence-electron chi connectivity index (χ1n) is 13.0. The van der Waals surface area contributed by atoms with Crippen molar-refractivity contribution in [1.82, 2.24) is 25.2 Å². The van der Waals surface area contributed by atoms with E-state index in [0.717, 1.165) is 17.4 Å². The predicted octanol–water partition coefficient (Wildman–Crippen LogP) is 4.13. The van der Waals surface area contributed by atoms with Gasteiger partial charge in [-0.05, 0) is 57.7 Å². The lowest BCUT2D eigenvalue weighted by Gasteiger charge is -2.23. The molecule has 0 aliphatic rings. The Balaban J connectivity index is 1.80. The Morgan fingerprint density at radius 3 is 2.50 bits per heavy atom. The first-order valence-corrected chi connectivity index (χ1v) is 13.0. The molecule has 0 aliphatic heterocycles. The molecule has 4 N–H and O–H groups in total. The smallest absolute Gasteiger partial charge is 0.255 e. The number of hydrogen-bond acceptors (Lipinski definition) is 6. The van der Waals surface area contributed by atoms with Gasteiger partial charge in [0.25, 0.3) is 5.91 Å². The van der Waals surface area contributed by atoms with Crippen molar-refractivity contribution in [3.8, 4) is 5.82 Å². The third kappa shape index (κ3) is 7.74. The normalized spacial score (nSPS) is 12.7. The predicted molar refractivity (Wildman–Crippen MR) is 147 cm³/mol. The summed E-state index contributed by atoms with van der Waals surface area (Å²) in [4.78, 5) is 34.0. The Kier molecular flexibility index (Phi) is 9.43. The van der Waals surface area contributed by atoms with Gasteiger partial charge in [0.2, 0.25) is 5.91 Å². The van der Waals surface area contributed by atoms with Gasteiger partial charge < -0.3 is 21.1 Å². The van der Waals surface area contributed by atoms with Crippen LogP contribution < -0.4 is 16.0 Å². The minimum atomic E-state index is -1.62. The van der Waals surface area contributed by atoms with Crippen LogP contribution in [0.3, 0.4) is 0 Å². The summed E-state index contributed by atoms with van der Waals surface area (Å²) < 4.78 is 16.0. The Morgan fingerprint density at radius 1 is 1.11 bits per heavy atom. The van der Waals surface area contributed by atoms with Gasteiger partial charge in [0.15, 0.2) is 0 Å². The number of nitrogens with one attached hydrogen (secondary N) is 3. The molecule has 38 heavy (non-hydrogen) atoms. The fourth-order valence-electron chi connectivity index (χ4n) is 3.77. The van der Waals surface area contributed by atoms with Crippen LogP contribution in [0, 0.1) is 5.92 Å². The summed E-state index contributed by atoms with van der Waals surface area (Å²) in [5.41, 5.74) is 0.836. The molecule has 0 fully saturated rings. The molecule has 2 amide bonds. The van der Waals surface area contributed by atoms with E-state index in [1.165, 1.54) is 20.0 Å². The van der Waals surface area contributed by atoms with Crippen LogP contribution in [0.4, 0.5) is 10.1 Å². The molecule has 3 heterocycles. The van der Waals surface area contributed by atoms with Gasteiger partial charge >= 0.3 is 0 Å². The van der Waals surface area contributed by atoms with Gasteiger partial charge in [-0.1, -0.05) is 13.8 Å². The molecule has 206 valence electrons. The van der Waals surface area contributed by atoms with Crippen LogP contribution >= 0.6 is 0 Å². The summed E-state index contributed by atoms with van der Waals surface area (Å²) in [6, 6.07) is 5.68. The van der Waals surface area contributed by atoms with Crippen LogP contribution in [-0.2, 0) is 11.3 Å². The van der Waals surface area contributed by atoms with Crippen molar-refractivity contribution in [3.63, 3.8) is 0 Å². The van der Waals surface area contributed by atoms with Crippen molar-refractivity contribution >= 4 is 28.5 Å².